The van der Waals surface area contributed by atoms with Crippen LogP contribution in [0.25, 0.3) is 0 Å². The van der Waals surface area contributed by atoms with Gasteiger partial charge in [0.2, 0.25) is 10.0 Å². The van der Waals surface area contributed by atoms with Gasteiger partial charge in [-0.3, -0.25) is 0 Å². The smallest absolute Gasteiger partial charge is 0.209 e. The van der Waals surface area contributed by atoms with Crippen LogP contribution in [0.3, 0.4) is 0 Å². The molecule has 122 valence electrons. The lowest BCUT2D eigenvalue weighted by atomic mass is 9.88. The maximum atomic E-state index is 11.5. The van der Waals surface area contributed by atoms with Gasteiger partial charge in [0.15, 0.2) is 5.82 Å². The lowest BCUT2D eigenvalue weighted by Gasteiger charge is -2.29. The average Bonchev–Trinajstić information content (AvgIpc) is 2.73. The van der Waals surface area contributed by atoms with Gasteiger partial charge in [0.25, 0.3) is 0 Å². The largest absolute Gasteiger partial charge is 0.227 e. The third kappa shape index (κ3) is 5.70. The van der Waals surface area contributed by atoms with E-state index >= 15 is 0 Å². The molecule has 1 aromatic rings. The summed E-state index contributed by atoms with van der Waals surface area (Å²) in [5, 5.41) is 12.0. The summed E-state index contributed by atoms with van der Waals surface area (Å²) in [6.07, 6.45) is 3.75. The summed E-state index contributed by atoms with van der Waals surface area (Å²) in [6, 6.07) is 0.181. The zero-order valence-electron chi connectivity index (χ0n) is 13.8. The van der Waals surface area contributed by atoms with Crippen molar-refractivity contribution in [3.8, 4) is 0 Å². The summed E-state index contributed by atoms with van der Waals surface area (Å²) in [4.78, 5) is 0. The van der Waals surface area contributed by atoms with Gasteiger partial charge in [-0.2, -0.15) is 0 Å². The van der Waals surface area contributed by atoms with Gasteiger partial charge in [-0.15, -0.1) is 5.10 Å². The summed E-state index contributed by atoms with van der Waals surface area (Å²) in [7, 11) is -3.25. The molecule has 0 saturated heterocycles. The number of aromatic nitrogens is 4. The molecule has 8 heteroatoms. The van der Waals surface area contributed by atoms with E-state index in [1.54, 1.807) is 0 Å². The molecule has 0 bridgehead atoms. The Bertz CT molecular complexity index is 551. The Kier molecular flexibility index (Phi) is 5.86. The van der Waals surface area contributed by atoms with E-state index in [0.717, 1.165) is 18.7 Å². The molecule has 0 aliphatic carbocycles. The van der Waals surface area contributed by atoms with Gasteiger partial charge in [0.05, 0.1) is 12.3 Å². The number of rotatable bonds is 8. The van der Waals surface area contributed by atoms with Gasteiger partial charge in [-0.25, -0.2) is 17.8 Å². The highest BCUT2D eigenvalue weighted by Gasteiger charge is 2.30. The number of tetrazole rings is 1. The zero-order valence-corrected chi connectivity index (χ0v) is 14.6. The molecule has 1 heterocycles. The summed E-state index contributed by atoms with van der Waals surface area (Å²) in [6.45, 7) is 9.94. The van der Waals surface area contributed by atoms with Crippen LogP contribution in [0, 0.1) is 0 Å². The first-order valence-electron chi connectivity index (χ1n) is 7.32. The monoisotopic (exact) mass is 317 g/mol. The number of nitrogens with one attached hydrogen (secondary N) is 1. The van der Waals surface area contributed by atoms with Crippen molar-refractivity contribution in [2.45, 2.75) is 71.4 Å². The van der Waals surface area contributed by atoms with Crippen LogP contribution in [0.2, 0.25) is 0 Å². The molecule has 1 N–H and O–H groups in total. The molecular formula is C13H27N5O2S. The van der Waals surface area contributed by atoms with E-state index in [9.17, 15) is 8.42 Å². The fraction of sp³-hybridized carbons (Fsp3) is 0.923. The quantitative estimate of drug-likeness (QED) is 0.790. The van der Waals surface area contributed by atoms with Crippen molar-refractivity contribution in [1.29, 1.82) is 0 Å². The van der Waals surface area contributed by atoms with Crippen LogP contribution in [-0.2, 0) is 10.0 Å². The molecule has 0 aliphatic rings. The van der Waals surface area contributed by atoms with Gasteiger partial charge in [-0.05, 0) is 51.0 Å². The molecule has 0 saturated carbocycles. The van der Waals surface area contributed by atoms with Crippen LogP contribution in [0.15, 0.2) is 0 Å². The third-order valence-electron chi connectivity index (χ3n) is 3.23. The van der Waals surface area contributed by atoms with E-state index in [-0.39, 0.29) is 12.0 Å². The zero-order chi connectivity index (χ0) is 16.3. The normalized spacial score (nSPS) is 14.6. The Morgan fingerprint density at radius 3 is 2.43 bits per heavy atom. The predicted molar refractivity (Wildman–Crippen MR) is 82.5 cm³/mol. The minimum absolute atomic E-state index is 0.122. The lowest BCUT2D eigenvalue weighted by Crippen LogP contribution is -2.44. The summed E-state index contributed by atoms with van der Waals surface area (Å²) in [5.41, 5.74) is -0.540. The summed E-state index contributed by atoms with van der Waals surface area (Å²) in [5.74, 6) is 0.951. The van der Waals surface area contributed by atoms with Gasteiger partial charge in [0, 0.05) is 11.5 Å². The molecule has 0 fully saturated rings. The van der Waals surface area contributed by atoms with Crippen molar-refractivity contribution >= 4 is 10.0 Å². The highest BCUT2D eigenvalue weighted by Crippen LogP contribution is 2.30. The second kappa shape index (κ2) is 6.83. The standard InChI is InChI=1S/C13H27N5O2S/c1-7-8-11(9-13(4,5)15-21(6,19)20)12-14-16-17-18(12)10(2)3/h10-11,15H,7-9H2,1-6H3. The SMILES string of the molecule is CCCC(CC(C)(C)NS(C)(=O)=O)c1nnnn1C(C)C. The first-order valence-corrected chi connectivity index (χ1v) is 9.21. The average molecular weight is 317 g/mol. The maximum Gasteiger partial charge on any atom is 0.209 e. The number of hydrogen-bond acceptors (Lipinski definition) is 5. The van der Waals surface area contributed by atoms with Crippen LogP contribution >= 0.6 is 0 Å². The number of hydrogen-bond donors (Lipinski definition) is 1. The van der Waals surface area contributed by atoms with Crippen LogP contribution < -0.4 is 4.72 Å². The Labute approximate surface area is 127 Å². The highest BCUT2D eigenvalue weighted by atomic mass is 32.2. The second-order valence-corrected chi connectivity index (χ2v) is 8.27. The molecule has 0 aliphatic heterocycles. The second-order valence-electron chi connectivity index (χ2n) is 6.52. The predicted octanol–water partition coefficient (Wildman–Crippen LogP) is 1.86. The van der Waals surface area contributed by atoms with E-state index < -0.39 is 15.6 Å². The lowest BCUT2D eigenvalue weighted by molar-refractivity contribution is 0.350. The van der Waals surface area contributed by atoms with Gasteiger partial charge in [-0.1, -0.05) is 13.3 Å². The minimum Gasteiger partial charge on any atom is -0.227 e. The molecule has 0 aromatic carbocycles. The molecule has 1 atom stereocenters. The van der Waals surface area contributed by atoms with Crippen molar-refractivity contribution < 1.29 is 8.42 Å². The molecule has 1 aromatic heterocycles. The molecular weight excluding hydrogens is 290 g/mol. The molecule has 1 rings (SSSR count). The van der Waals surface area contributed by atoms with Gasteiger partial charge in [0.1, 0.15) is 0 Å². The molecule has 0 spiro atoms. The maximum absolute atomic E-state index is 11.5. The van der Waals surface area contributed by atoms with Crippen LogP contribution in [0.4, 0.5) is 0 Å². The Morgan fingerprint density at radius 1 is 1.33 bits per heavy atom. The topological polar surface area (TPSA) is 89.8 Å². The Morgan fingerprint density at radius 2 is 1.95 bits per heavy atom. The van der Waals surface area contributed by atoms with Crippen molar-refractivity contribution in [2.75, 3.05) is 6.26 Å². The molecule has 7 nitrogen and oxygen atoms in total. The fourth-order valence-corrected chi connectivity index (χ4v) is 3.75. The number of sulfonamides is 1. The molecule has 1 unspecified atom stereocenters. The molecule has 0 radical (unpaired) electrons. The van der Waals surface area contributed by atoms with Gasteiger partial charge < -0.3 is 0 Å². The highest BCUT2D eigenvalue weighted by molar-refractivity contribution is 7.88. The first-order chi connectivity index (χ1) is 9.56. The van der Waals surface area contributed by atoms with Crippen molar-refractivity contribution in [1.82, 2.24) is 24.9 Å². The van der Waals surface area contributed by atoms with Crippen LogP contribution in [0.5, 0.6) is 0 Å². The summed E-state index contributed by atoms with van der Waals surface area (Å²) >= 11 is 0. The van der Waals surface area contributed by atoms with Gasteiger partial charge >= 0.3 is 0 Å². The fourth-order valence-electron chi connectivity index (χ4n) is 2.67. The Hall–Kier alpha value is -1.02. The van der Waals surface area contributed by atoms with E-state index in [4.69, 9.17) is 0 Å². The van der Waals surface area contributed by atoms with Crippen molar-refractivity contribution in [2.24, 2.45) is 0 Å². The molecule has 21 heavy (non-hydrogen) atoms. The van der Waals surface area contributed by atoms with E-state index in [1.807, 2.05) is 32.4 Å². The van der Waals surface area contributed by atoms with Crippen LogP contribution in [-0.4, -0.2) is 40.4 Å². The number of nitrogens with zero attached hydrogens (tertiary/aromatic N) is 4. The third-order valence-corrected chi connectivity index (χ3v) is 4.15. The summed E-state index contributed by atoms with van der Waals surface area (Å²) < 4.78 is 27.5. The first kappa shape index (κ1) is 18.0. The van der Waals surface area contributed by atoms with E-state index in [2.05, 4.69) is 27.2 Å². The van der Waals surface area contributed by atoms with Crippen LogP contribution in [0.1, 0.15) is 71.7 Å². The molecule has 0 amide bonds. The van der Waals surface area contributed by atoms with E-state index in [1.165, 1.54) is 6.26 Å². The minimum atomic E-state index is -3.25. The Balaban J connectivity index is 2.99. The van der Waals surface area contributed by atoms with Crippen molar-refractivity contribution in [3.05, 3.63) is 5.82 Å². The van der Waals surface area contributed by atoms with E-state index in [0.29, 0.717) is 6.42 Å². The van der Waals surface area contributed by atoms with Crippen molar-refractivity contribution in [3.63, 3.8) is 0 Å².